The van der Waals surface area contributed by atoms with E-state index in [9.17, 15) is 19.5 Å². The number of halogens is 1. The Morgan fingerprint density at radius 2 is 2.08 bits per heavy atom. The molecule has 8 heteroatoms. The molecule has 0 amide bonds. The first-order chi connectivity index (χ1) is 11.5. The minimum atomic E-state index is -1.23. The summed E-state index contributed by atoms with van der Waals surface area (Å²) >= 11 is 5.86. The molecular weight excluding hydrogens is 336 g/mol. The van der Waals surface area contributed by atoms with Gasteiger partial charge in [-0.15, -0.1) is 0 Å². The number of fused-ring (bicyclic) bond motifs is 1. The molecule has 1 aromatic carbocycles. The molecular formula is C16H15ClN2O5. The maximum absolute atomic E-state index is 12.8. The van der Waals surface area contributed by atoms with Crippen LogP contribution in [-0.2, 0) is 24.3 Å². The van der Waals surface area contributed by atoms with Gasteiger partial charge in [-0.05, 0) is 37.5 Å². The molecule has 1 aromatic heterocycles. The highest BCUT2D eigenvalue weighted by atomic mass is 35.5. The summed E-state index contributed by atoms with van der Waals surface area (Å²) in [6.45, 7) is 0.0286. The standard InChI is InChI=1S/C16H15ClN2O5/c1-24-8-18-13-4-2-3-10(13)14(20)19(16(18)23)9-5-6-12(17)11(7-9)15(21)22/h5-7H,2-4,8H2,1H3,(H,21,22). The molecule has 1 heterocycles. The van der Waals surface area contributed by atoms with Crippen LogP contribution in [0, 0.1) is 0 Å². The van der Waals surface area contributed by atoms with Crippen molar-refractivity contribution in [3.05, 3.63) is 60.9 Å². The van der Waals surface area contributed by atoms with Gasteiger partial charge >= 0.3 is 11.7 Å². The van der Waals surface area contributed by atoms with E-state index in [0.29, 0.717) is 24.1 Å². The molecule has 24 heavy (non-hydrogen) atoms. The van der Waals surface area contributed by atoms with Crippen molar-refractivity contribution in [2.75, 3.05) is 7.11 Å². The Kier molecular flexibility index (Phi) is 4.29. The lowest BCUT2D eigenvalue weighted by Gasteiger charge is -2.15. The molecule has 0 spiro atoms. The average molecular weight is 351 g/mol. The molecule has 126 valence electrons. The smallest absolute Gasteiger partial charge is 0.337 e. The number of aromatic nitrogens is 2. The van der Waals surface area contributed by atoms with Crippen molar-refractivity contribution < 1.29 is 14.6 Å². The lowest BCUT2D eigenvalue weighted by atomic mass is 10.2. The number of benzene rings is 1. The first kappa shape index (κ1) is 16.5. The van der Waals surface area contributed by atoms with E-state index >= 15 is 0 Å². The maximum Gasteiger partial charge on any atom is 0.337 e. The maximum atomic E-state index is 12.8. The molecule has 0 unspecified atom stereocenters. The Morgan fingerprint density at radius 1 is 1.33 bits per heavy atom. The number of rotatable bonds is 4. The van der Waals surface area contributed by atoms with Gasteiger partial charge in [0.2, 0.25) is 0 Å². The predicted octanol–water partition coefficient (Wildman–Crippen LogP) is 1.44. The Hall–Kier alpha value is -2.38. The quantitative estimate of drug-likeness (QED) is 0.901. The van der Waals surface area contributed by atoms with E-state index in [-0.39, 0.29) is 23.0 Å². The molecule has 0 bridgehead atoms. The van der Waals surface area contributed by atoms with E-state index in [1.165, 1.54) is 29.9 Å². The van der Waals surface area contributed by atoms with E-state index in [1.807, 2.05) is 0 Å². The monoisotopic (exact) mass is 350 g/mol. The largest absolute Gasteiger partial charge is 0.478 e. The zero-order valence-corrected chi connectivity index (χ0v) is 13.7. The van der Waals surface area contributed by atoms with Crippen LogP contribution < -0.4 is 11.2 Å². The fourth-order valence-electron chi connectivity index (χ4n) is 3.02. The summed E-state index contributed by atoms with van der Waals surface area (Å²) < 4.78 is 7.47. The fourth-order valence-corrected chi connectivity index (χ4v) is 3.22. The third-order valence-electron chi connectivity index (χ3n) is 4.09. The van der Waals surface area contributed by atoms with E-state index < -0.39 is 17.2 Å². The molecule has 0 atom stereocenters. The third kappa shape index (κ3) is 2.55. The number of carboxylic acid groups (broad SMARTS) is 1. The molecule has 1 aliphatic rings. The summed E-state index contributed by atoms with van der Waals surface area (Å²) in [5, 5.41) is 9.23. The highest BCUT2D eigenvalue weighted by molar-refractivity contribution is 6.33. The van der Waals surface area contributed by atoms with Crippen molar-refractivity contribution in [1.29, 1.82) is 0 Å². The van der Waals surface area contributed by atoms with E-state index in [2.05, 4.69) is 0 Å². The molecule has 1 N–H and O–H groups in total. The summed E-state index contributed by atoms with van der Waals surface area (Å²) in [7, 11) is 1.47. The number of hydrogen-bond acceptors (Lipinski definition) is 4. The van der Waals surface area contributed by atoms with Gasteiger partial charge in [-0.1, -0.05) is 11.6 Å². The van der Waals surface area contributed by atoms with Crippen molar-refractivity contribution in [2.45, 2.75) is 26.0 Å². The Morgan fingerprint density at radius 3 is 2.75 bits per heavy atom. The summed E-state index contributed by atoms with van der Waals surface area (Å²) in [5.41, 5.74) is 0.291. The van der Waals surface area contributed by atoms with Crippen molar-refractivity contribution in [3.8, 4) is 5.69 Å². The van der Waals surface area contributed by atoms with E-state index in [0.717, 1.165) is 11.0 Å². The second-order valence-corrected chi connectivity index (χ2v) is 5.92. The molecule has 0 saturated heterocycles. The summed E-state index contributed by atoms with van der Waals surface area (Å²) in [6.07, 6.45) is 2.02. The van der Waals surface area contributed by atoms with Gasteiger partial charge in [0, 0.05) is 18.4 Å². The van der Waals surface area contributed by atoms with Gasteiger partial charge in [-0.2, -0.15) is 0 Å². The normalized spacial score (nSPS) is 13.1. The van der Waals surface area contributed by atoms with E-state index in [4.69, 9.17) is 16.3 Å². The van der Waals surface area contributed by atoms with Crippen molar-refractivity contribution >= 4 is 17.6 Å². The molecule has 0 aliphatic heterocycles. The number of aromatic carboxylic acids is 1. The second-order valence-electron chi connectivity index (χ2n) is 5.52. The zero-order chi connectivity index (χ0) is 17.4. The fraction of sp³-hybridized carbons (Fsp3) is 0.312. The van der Waals surface area contributed by atoms with Crippen LogP contribution in [0.5, 0.6) is 0 Å². The van der Waals surface area contributed by atoms with Crippen LogP contribution in [0.4, 0.5) is 0 Å². The lowest BCUT2D eigenvalue weighted by Crippen LogP contribution is -2.42. The van der Waals surface area contributed by atoms with Crippen LogP contribution in [0.1, 0.15) is 28.0 Å². The number of methoxy groups -OCH3 is 1. The minimum Gasteiger partial charge on any atom is -0.478 e. The van der Waals surface area contributed by atoms with Crippen LogP contribution in [-0.4, -0.2) is 27.3 Å². The van der Waals surface area contributed by atoms with Crippen molar-refractivity contribution in [1.82, 2.24) is 9.13 Å². The summed E-state index contributed by atoms with van der Waals surface area (Å²) in [5.74, 6) is -1.23. The summed E-state index contributed by atoms with van der Waals surface area (Å²) in [6, 6.07) is 4.04. The topological polar surface area (TPSA) is 90.5 Å². The van der Waals surface area contributed by atoms with Gasteiger partial charge in [0.15, 0.2) is 0 Å². The highest BCUT2D eigenvalue weighted by Gasteiger charge is 2.24. The predicted molar refractivity (Wildman–Crippen MR) is 87.3 cm³/mol. The van der Waals surface area contributed by atoms with Crippen molar-refractivity contribution in [3.63, 3.8) is 0 Å². The van der Waals surface area contributed by atoms with Crippen LogP contribution in [0.15, 0.2) is 27.8 Å². The van der Waals surface area contributed by atoms with E-state index in [1.54, 1.807) is 0 Å². The molecule has 2 aromatic rings. The van der Waals surface area contributed by atoms with Gasteiger partial charge in [-0.3, -0.25) is 9.36 Å². The molecule has 1 aliphatic carbocycles. The highest BCUT2D eigenvalue weighted by Crippen LogP contribution is 2.21. The molecule has 7 nitrogen and oxygen atoms in total. The number of nitrogens with zero attached hydrogens (tertiary/aromatic N) is 2. The average Bonchev–Trinajstić information content (AvgIpc) is 3.02. The van der Waals surface area contributed by atoms with Crippen LogP contribution in [0.25, 0.3) is 5.69 Å². The Labute approximate surface area is 141 Å². The van der Waals surface area contributed by atoms with Gasteiger partial charge in [0.1, 0.15) is 6.73 Å². The Bertz CT molecular complexity index is 945. The van der Waals surface area contributed by atoms with Crippen LogP contribution >= 0.6 is 11.6 Å². The first-order valence-electron chi connectivity index (χ1n) is 7.35. The second kappa shape index (κ2) is 6.26. The SMILES string of the molecule is COCn1c2c(c(=O)n(-c3ccc(Cl)c(C(=O)O)c3)c1=O)CCC2. The van der Waals surface area contributed by atoms with Gasteiger partial charge in [0.25, 0.3) is 5.56 Å². The van der Waals surface area contributed by atoms with Crippen LogP contribution in [0.2, 0.25) is 5.02 Å². The number of carbonyl (C=O) groups is 1. The molecule has 3 rings (SSSR count). The number of hydrogen-bond donors (Lipinski definition) is 1. The first-order valence-corrected chi connectivity index (χ1v) is 7.73. The lowest BCUT2D eigenvalue weighted by molar-refractivity contribution is 0.0697. The molecule has 0 saturated carbocycles. The van der Waals surface area contributed by atoms with Crippen molar-refractivity contribution in [2.24, 2.45) is 0 Å². The molecule has 0 radical (unpaired) electrons. The third-order valence-corrected chi connectivity index (χ3v) is 4.42. The number of ether oxygens (including phenoxy) is 1. The van der Waals surface area contributed by atoms with Gasteiger partial charge in [0.05, 0.1) is 16.3 Å². The van der Waals surface area contributed by atoms with Gasteiger partial charge in [-0.25, -0.2) is 14.2 Å². The van der Waals surface area contributed by atoms with Crippen LogP contribution in [0.3, 0.4) is 0 Å². The minimum absolute atomic E-state index is 0.0286. The van der Waals surface area contributed by atoms with Gasteiger partial charge < -0.3 is 9.84 Å². The zero-order valence-electron chi connectivity index (χ0n) is 12.9. The number of carboxylic acids is 1. The Balaban J connectivity index is 2.32. The summed E-state index contributed by atoms with van der Waals surface area (Å²) in [4.78, 5) is 36.8. The molecule has 0 fully saturated rings.